The van der Waals surface area contributed by atoms with E-state index in [1.165, 1.54) is 23.6 Å². The van der Waals surface area contributed by atoms with Crippen LogP contribution in [-0.2, 0) is 0 Å². The van der Waals surface area contributed by atoms with Gasteiger partial charge in [0.25, 0.3) is 5.91 Å². The molecule has 0 aromatic carbocycles. The van der Waals surface area contributed by atoms with Crippen LogP contribution < -0.4 is 5.32 Å². The van der Waals surface area contributed by atoms with Crippen LogP contribution in [-0.4, -0.2) is 21.0 Å². The summed E-state index contributed by atoms with van der Waals surface area (Å²) in [5, 5.41) is 15.4. The summed E-state index contributed by atoms with van der Waals surface area (Å²) < 4.78 is 0. The lowest BCUT2D eigenvalue weighted by molar-refractivity contribution is 0.0923. The molecule has 1 saturated carbocycles. The zero-order chi connectivity index (χ0) is 13.2. The van der Waals surface area contributed by atoms with Crippen LogP contribution in [0.5, 0.6) is 5.75 Å². The fraction of sp³-hybridized carbons (Fsp3) is 0.308. The monoisotopic (exact) mass is 275 g/mol. The number of hydrogen-bond acceptors (Lipinski definition) is 5. The van der Waals surface area contributed by atoms with Crippen LogP contribution in [0.2, 0.25) is 0 Å². The van der Waals surface area contributed by atoms with Crippen molar-refractivity contribution in [3.63, 3.8) is 0 Å². The number of hydrogen-bond donors (Lipinski definition) is 2. The molecule has 2 aromatic rings. The zero-order valence-electron chi connectivity index (χ0n) is 10.1. The molecule has 0 bridgehead atoms. The van der Waals surface area contributed by atoms with Gasteiger partial charge in [-0.3, -0.25) is 4.79 Å². The number of nitrogens with one attached hydrogen (secondary N) is 1. The van der Waals surface area contributed by atoms with Gasteiger partial charge in [-0.25, -0.2) is 9.97 Å². The van der Waals surface area contributed by atoms with Gasteiger partial charge < -0.3 is 10.4 Å². The third kappa shape index (κ3) is 2.58. The summed E-state index contributed by atoms with van der Waals surface area (Å²) in [6.07, 6.45) is 5.42. The Hall–Kier alpha value is -1.95. The number of pyridine rings is 1. The van der Waals surface area contributed by atoms with Crippen LogP contribution in [0.25, 0.3) is 0 Å². The molecular weight excluding hydrogens is 262 g/mol. The average Bonchev–Trinajstić information content (AvgIpc) is 3.11. The molecule has 6 heteroatoms. The lowest BCUT2D eigenvalue weighted by Crippen LogP contribution is -2.30. The molecule has 1 fully saturated rings. The van der Waals surface area contributed by atoms with Crippen molar-refractivity contribution in [1.82, 2.24) is 15.3 Å². The number of aromatic nitrogens is 2. The van der Waals surface area contributed by atoms with Crippen molar-refractivity contribution in [3.05, 3.63) is 40.6 Å². The van der Waals surface area contributed by atoms with Gasteiger partial charge in [-0.2, -0.15) is 0 Å². The Bertz CT molecular complexity index is 581. The highest BCUT2D eigenvalue weighted by atomic mass is 32.1. The van der Waals surface area contributed by atoms with Gasteiger partial charge in [0.05, 0.1) is 6.04 Å². The van der Waals surface area contributed by atoms with E-state index in [0.717, 1.165) is 17.8 Å². The van der Waals surface area contributed by atoms with Crippen LogP contribution in [0.3, 0.4) is 0 Å². The van der Waals surface area contributed by atoms with E-state index in [9.17, 15) is 9.90 Å². The van der Waals surface area contributed by atoms with E-state index in [1.807, 2.05) is 5.38 Å². The first-order valence-corrected chi connectivity index (χ1v) is 6.98. The average molecular weight is 275 g/mol. The van der Waals surface area contributed by atoms with Gasteiger partial charge in [-0.05, 0) is 30.9 Å². The highest BCUT2D eigenvalue weighted by molar-refractivity contribution is 7.09. The van der Waals surface area contributed by atoms with Gasteiger partial charge in [-0.1, -0.05) is 0 Å². The zero-order valence-corrected chi connectivity index (χ0v) is 10.9. The number of rotatable bonds is 4. The van der Waals surface area contributed by atoms with Crippen LogP contribution >= 0.6 is 11.3 Å². The van der Waals surface area contributed by atoms with Crippen LogP contribution in [0.4, 0.5) is 0 Å². The molecule has 0 spiro atoms. The highest BCUT2D eigenvalue weighted by Crippen LogP contribution is 2.41. The predicted octanol–water partition coefficient (Wildman–Crippen LogP) is 2.12. The molecular formula is C13H13N3O2S. The Morgan fingerprint density at radius 2 is 2.26 bits per heavy atom. The summed E-state index contributed by atoms with van der Waals surface area (Å²) in [7, 11) is 0. The molecule has 3 rings (SSSR count). The van der Waals surface area contributed by atoms with Gasteiger partial charge in [0.2, 0.25) is 0 Å². The van der Waals surface area contributed by atoms with Crippen molar-refractivity contribution >= 4 is 17.2 Å². The minimum Gasteiger partial charge on any atom is -0.505 e. The third-order valence-electron chi connectivity index (χ3n) is 3.10. The molecule has 98 valence electrons. The molecule has 2 heterocycles. The SMILES string of the molecule is O=C(N[C@H](c1nccs1)C1CC1)c1ncccc1O. The normalized spacial score (nSPS) is 16.0. The Balaban J connectivity index is 1.79. The molecule has 1 atom stereocenters. The van der Waals surface area contributed by atoms with Crippen molar-refractivity contribution in [2.45, 2.75) is 18.9 Å². The Kier molecular flexibility index (Phi) is 3.16. The van der Waals surface area contributed by atoms with E-state index in [-0.39, 0.29) is 23.4 Å². The second-order valence-corrected chi connectivity index (χ2v) is 5.46. The smallest absolute Gasteiger partial charge is 0.274 e. The first-order chi connectivity index (χ1) is 9.25. The van der Waals surface area contributed by atoms with Crippen LogP contribution in [0.1, 0.15) is 34.4 Å². The fourth-order valence-electron chi connectivity index (χ4n) is 1.98. The largest absolute Gasteiger partial charge is 0.505 e. The highest BCUT2D eigenvalue weighted by Gasteiger charge is 2.35. The van der Waals surface area contributed by atoms with E-state index < -0.39 is 0 Å². The second-order valence-electron chi connectivity index (χ2n) is 4.53. The van der Waals surface area contributed by atoms with Crippen molar-refractivity contribution in [3.8, 4) is 5.75 Å². The molecule has 0 saturated heterocycles. The van der Waals surface area contributed by atoms with Crippen molar-refractivity contribution in [2.24, 2.45) is 5.92 Å². The molecule has 0 radical (unpaired) electrons. The first kappa shape index (κ1) is 12.1. The summed E-state index contributed by atoms with van der Waals surface area (Å²) in [6.45, 7) is 0. The number of thiazole rings is 1. The standard InChI is InChI=1S/C13H13N3O2S/c17-9-2-1-5-14-11(9)12(18)16-10(8-3-4-8)13-15-6-7-19-13/h1-2,5-8,10,17H,3-4H2,(H,16,18)/t10-/m0/s1. The molecule has 5 nitrogen and oxygen atoms in total. The van der Waals surface area contributed by atoms with E-state index in [1.54, 1.807) is 12.3 Å². The van der Waals surface area contributed by atoms with Crippen LogP contribution in [0.15, 0.2) is 29.9 Å². The second kappa shape index (κ2) is 4.97. The molecule has 1 amide bonds. The van der Waals surface area contributed by atoms with Gasteiger partial charge in [0.15, 0.2) is 5.69 Å². The predicted molar refractivity (Wildman–Crippen MR) is 70.9 cm³/mol. The summed E-state index contributed by atoms with van der Waals surface area (Å²) in [5.74, 6) is -0.0140. The number of nitrogens with zero attached hydrogens (tertiary/aromatic N) is 2. The van der Waals surface area contributed by atoms with E-state index in [2.05, 4.69) is 15.3 Å². The minimum absolute atomic E-state index is 0.0599. The number of aromatic hydroxyl groups is 1. The Morgan fingerprint density at radius 3 is 2.89 bits per heavy atom. The topological polar surface area (TPSA) is 75.1 Å². The molecule has 0 aliphatic heterocycles. The molecule has 19 heavy (non-hydrogen) atoms. The summed E-state index contributed by atoms with van der Waals surface area (Å²) in [5.41, 5.74) is 0.0599. The third-order valence-corrected chi connectivity index (χ3v) is 3.96. The van der Waals surface area contributed by atoms with E-state index in [0.29, 0.717) is 5.92 Å². The number of amides is 1. The molecule has 1 aliphatic carbocycles. The van der Waals surface area contributed by atoms with Crippen molar-refractivity contribution in [2.75, 3.05) is 0 Å². The fourth-order valence-corrected chi connectivity index (χ4v) is 2.76. The maximum atomic E-state index is 12.1. The maximum absolute atomic E-state index is 12.1. The van der Waals surface area contributed by atoms with Gasteiger partial charge in [0, 0.05) is 17.8 Å². The van der Waals surface area contributed by atoms with Gasteiger partial charge in [0.1, 0.15) is 10.8 Å². The summed E-state index contributed by atoms with van der Waals surface area (Å²) in [4.78, 5) is 20.3. The lowest BCUT2D eigenvalue weighted by atomic mass is 10.2. The summed E-state index contributed by atoms with van der Waals surface area (Å²) in [6, 6.07) is 2.97. The molecule has 0 unspecified atom stereocenters. The van der Waals surface area contributed by atoms with Gasteiger partial charge >= 0.3 is 0 Å². The quantitative estimate of drug-likeness (QED) is 0.896. The molecule has 1 aliphatic rings. The van der Waals surface area contributed by atoms with E-state index in [4.69, 9.17) is 0 Å². The Morgan fingerprint density at radius 1 is 1.42 bits per heavy atom. The minimum atomic E-state index is -0.356. The van der Waals surface area contributed by atoms with Crippen molar-refractivity contribution in [1.29, 1.82) is 0 Å². The molecule has 2 aromatic heterocycles. The number of carbonyl (C=O) groups excluding carboxylic acids is 1. The lowest BCUT2D eigenvalue weighted by Gasteiger charge is -2.15. The Labute approximate surface area is 114 Å². The maximum Gasteiger partial charge on any atom is 0.274 e. The first-order valence-electron chi connectivity index (χ1n) is 6.10. The van der Waals surface area contributed by atoms with E-state index >= 15 is 0 Å². The van der Waals surface area contributed by atoms with Gasteiger partial charge in [-0.15, -0.1) is 11.3 Å². The van der Waals surface area contributed by atoms with Crippen LogP contribution in [0, 0.1) is 5.92 Å². The number of carbonyl (C=O) groups is 1. The molecule has 2 N–H and O–H groups in total. The summed E-state index contributed by atoms with van der Waals surface area (Å²) >= 11 is 1.53. The van der Waals surface area contributed by atoms with Crippen molar-refractivity contribution < 1.29 is 9.90 Å².